The molecule has 0 radical (unpaired) electrons. The Morgan fingerprint density at radius 3 is 1.09 bits per heavy atom. The van der Waals surface area contributed by atoms with E-state index < -0.39 is 96.1 Å². The molecule has 2 aromatic heterocycles. The van der Waals surface area contributed by atoms with Gasteiger partial charge in [-0.2, -0.15) is 10.2 Å². The Kier molecular flexibility index (Phi) is 25.8. The Hall–Kier alpha value is -8.36. The number of amides is 4. The zero-order chi connectivity index (χ0) is 68.8. The summed E-state index contributed by atoms with van der Waals surface area (Å²) < 4.78 is 28.1. The molecule has 0 unspecified atom stereocenters. The monoisotopic (exact) mass is 1330 g/mol. The number of likely N-dealkylation sites (N-methyl/N-ethyl adjacent to an activating group) is 4. The number of carbonyl (C=O) groups is 8. The molecule has 1 fully saturated rings. The van der Waals surface area contributed by atoms with Crippen LogP contribution in [0.5, 0.6) is 0 Å². The minimum absolute atomic E-state index is 0.0584. The lowest BCUT2D eigenvalue weighted by Gasteiger charge is -2.35. The van der Waals surface area contributed by atoms with Gasteiger partial charge in [-0.05, 0) is 121 Å². The fourth-order valence-corrected chi connectivity index (χ4v) is 11.7. The van der Waals surface area contributed by atoms with Crippen LogP contribution in [0.15, 0.2) is 122 Å². The molecule has 0 N–H and O–H groups in total. The van der Waals surface area contributed by atoms with E-state index in [0.717, 1.165) is 53.0 Å². The summed E-state index contributed by atoms with van der Waals surface area (Å²) in [6.07, 6.45) is 1.04. The van der Waals surface area contributed by atoms with Crippen LogP contribution in [0.4, 0.5) is 0 Å². The van der Waals surface area contributed by atoms with Crippen LogP contribution in [0, 0.1) is 23.7 Å². The molecule has 3 heterocycles. The van der Waals surface area contributed by atoms with Gasteiger partial charge < -0.3 is 38.5 Å². The van der Waals surface area contributed by atoms with Gasteiger partial charge in [-0.25, -0.2) is 19.2 Å². The number of benzene rings is 4. The van der Waals surface area contributed by atoms with E-state index in [1.54, 1.807) is 52.1 Å². The third-order valence-corrected chi connectivity index (χ3v) is 17.1. The van der Waals surface area contributed by atoms with E-state index >= 15 is 9.59 Å². The Balaban J connectivity index is 1.23. The van der Waals surface area contributed by atoms with Crippen LogP contribution in [0.25, 0.3) is 22.3 Å². The van der Waals surface area contributed by atoms with E-state index in [4.69, 9.17) is 42.1 Å². The zero-order valence-corrected chi connectivity index (χ0v) is 57.9. The number of hydrogen-bond acceptors (Lipinski definition) is 14. The molecular weight excluding hydrogens is 1240 g/mol. The molecule has 8 atom stereocenters. The molecule has 4 amide bonds. The predicted octanol–water partition coefficient (Wildman–Crippen LogP) is 10.8. The maximum absolute atomic E-state index is 15.3. The number of esters is 4. The molecular formula is C72H90Cl2N8O12. The molecule has 22 heteroatoms. The molecule has 504 valence electrons. The third kappa shape index (κ3) is 19.8. The van der Waals surface area contributed by atoms with Gasteiger partial charge in [-0.15, -0.1) is 0 Å². The first-order valence-electron chi connectivity index (χ1n) is 32.1. The Labute approximate surface area is 562 Å². The van der Waals surface area contributed by atoms with Gasteiger partial charge in [0.1, 0.15) is 24.2 Å². The van der Waals surface area contributed by atoms with E-state index in [9.17, 15) is 28.8 Å². The van der Waals surface area contributed by atoms with E-state index in [-0.39, 0.29) is 62.2 Å². The molecule has 7 rings (SSSR count). The fourth-order valence-electron chi connectivity index (χ4n) is 11.4. The summed E-state index contributed by atoms with van der Waals surface area (Å²) in [5.74, 6) is -7.68. The number of aromatic nitrogens is 4. The first-order chi connectivity index (χ1) is 44.5. The first kappa shape index (κ1) is 73.1. The number of cyclic esters (lactones) is 4. The van der Waals surface area contributed by atoms with E-state index in [0.29, 0.717) is 34.3 Å². The molecule has 0 bridgehead atoms. The molecule has 1 aliphatic rings. The van der Waals surface area contributed by atoms with Crippen LogP contribution in [0.2, 0.25) is 10.0 Å². The molecule has 0 aliphatic carbocycles. The normalized spacial score (nSPS) is 21.5. The number of hydrogen-bond donors (Lipinski definition) is 0. The largest absolute Gasteiger partial charge is 0.451 e. The number of ether oxygens (including phenoxy) is 4. The highest BCUT2D eigenvalue weighted by Crippen LogP contribution is 2.28. The van der Waals surface area contributed by atoms with Crippen molar-refractivity contribution in [3.05, 3.63) is 154 Å². The van der Waals surface area contributed by atoms with E-state index in [1.807, 2.05) is 135 Å². The average molecular weight is 1330 g/mol. The summed E-state index contributed by atoms with van der Waals surface area (Å²) in [4.78, 5) is 124. The number of nitrogens with zero attached hydrogens (tertiary/aromatic N) is 8. The summed E-state index contributed by atoms with van der Waals surface area (Å²) in [5, 5.41) is 10.4. The molecule has 4 aromatic carbocycles. The van der Waals surface area contributed by atoms with Crippen molar-refractivity contribution in [2.45, 2.75) is 169 Å². The maximum Gasteiger partial charge on any atom is 0.329 e. The molecule has 6 aromatic rings. The van der Waals surface area contributed by atoms with Crippen LogP contribution in [-0.2, 0) is 83.2 Å². The number of halogens is 2. The standard InChI is InChI=1S/C72H90Cl2N8O12/c1-43(2)30-59-69(87)91-48(10)66(84)78(12)62(33-46(7)8)72(90)94-64(36-51-16-15-17-52(34-51)40-82-42-56(38-76-82)54-24-28-58(74)29-25-54)68(86)80(14)60(31-44(3)4)70(88)92-47(9)65(83)77(11)61(32-45(5)6)71(89)93-63(67(85)79(59)13)35-49-18-20-50(21-19-49)39-81-41-55(37-75-81)53-22-26-57(73)27-23-53/h15-29,34,37-38,41-48,59-64H,30-33,35-36,39-40H2,1-14H3/t47-,48-,59+,60+,61+,62+,63-,64-/m1/s1. The lowest BCUT2D eigenvalue weighted by atomic mass is 9.99. The molecule has 94 heavy (non-hydrogen) atoms. The summed E-state index contributed by atoms with van der Waals surface area (Å²) in [6, 6.07) is 24.3. The van der Waals surface area contributed by atoms with Crippen molar-refractivity contribution >= 4 is 70.7 Å². The first-order valence-corrected chi connectivity index (χ1v) is 32.8. The summed E-state index contributed by atoms with van der Waals surface area (Å²) in [7, 11) is 5.56. The molecule has 1 saturated heterocycles. The second kappa shape index (κ2) is 33.2. The van der Waals surface area contributed by atoms with Crippen LogP contribution in [0.3, 0.4) is 0 Å². The molecule has 0 saturated carbocycles. The van der Waals surface area contributed by atoms with Gasteiger partial charge in [-0.1, -0.05) is 151 Å². The van der Waals surface area contributed by atoms with Gasteiger partial charge in [0.05, 0.1) is 25.5 Å². The smallest absolute Gasteiger partial charge is 0.329 e. The maximum atomic E-state index is 15.3. The third-order valence-electron chi connectivity index (χ3n) is 16.6. The number of carbonyl (C=O) groups excluding carboxylic acids is 8. The topological polar surface area (TPSA) is 222 Å². The Bertz CT molecular complexity index is 3570. The van der Waals surface area contributed by atoms with Crippen molar-refractivity contribution in [1.82, 2.24) is 39.2 Å². The SMILES string of the molecule is CC(C)C[C@H]1C(=O)O[C@H](Cc2cccc(Cn3cc(-c4ccc(Cl)cc4)cn3)c2)C(=O)N(C)[C@@H](CC(C)C)C(=O)O[C@H](C)C(=O)N(C)[C@@H](CC(C)C)C(=O)O[C@H](Cc2ccc(Cn3cc(-c4ccc(Cl)cc4)cn3)cc2)C(=O)N(C)[C@@H](CC(C)C)C(=O)O[C@H](C)C(=O)N1C. The van der Waals surface area contributed by atoms with Gasteiger partial charge >= 0.3 is 23.9 Å². The van der Waals surface area contributed by atoms with Crippen molar-refractivity contribution in [2.75, 3.05) is 28.2 Å². The van der Waals surface area contributed by atoms with Gasteiger partial charge in [0, 0.05) is 74.6 Å². The molecule has 1 aliphatic heterocycles. The van der Waals surface area contributed by atoms with Crippen LogP contribution in [-0.4, -0.2) is 163 Å². The predicted molar refractivity (Wildman–Crippen MR) is 359 cm³/mol. The van der Waals surface area contributed by atoms with Gasteiger partial charge in [0.15, 0.2) is 24.4 Å². The van der Waals surface area contributed by atoms with E-state index in [1.165, 1.54) is 42.0 Å². The Morgan fingerprint density at radius 2 is 0.713 bits per heavy atom. The van der Waals surface area contributed by atoms with Crippen LogP contribution in [0.1, 0.15) is 117 Å². The lowest BCUT2D eigenvalue weighted by Crippen LogP contribution is -2.55. The summed E-state index contributed by atoms with van der Waals surface area (Å²) in [6.45, 7) is 18.3. The second-order valence-corrected chi connectivity index (χ2v) is 27.2. The van der Waals surface area contributed by atoms with Gasteiger partial charge in [-0.3, -0.25) is 28.5 Å². The average Bonchev–Trinajstić information content (AvgIpc) is 1.09. The molecule has 0 spiro atoms. The summed E-state index contributed by atoms with van der Waals surface area (Å²) in [5.41, 5.74) is 6.51. The van der Waals surface area contributed by atoms with Crippen molar-refractivity contribution in [1.29, 1.82) is 0 Å². The molecule has 20 nitrogen and oxygen atoms in total. The lowest BCUT2D eigenvalue weighted by molar-refractivity contribution is -0.176. The van der Waals surface area contributed by atoms with Gasteiger partial charge in [0.2, 0.25) is 0 Å². The van der Waals surface area contributed by atoms with Crippen molar-refractivity contribution < 1.29 is 57.3 Å². The number of rotatable bonds is 18. The van der Waals surface area contributed by atoms with Crippen molar-refractivity contribution in [2.24, 2.45) is 23.7 Å². The van der Waals surface area contributed by atoms with Crippen molar-refractivity contribution in [3.63, 3.8) is 0 Å². The minimum atomic E-state index is -1.58. The fraction of sp³-hybridized carbons (Fsp3) is 0.472. The highest BCUT2D eigenvalue weighted by atomic mass is 35.5. The Morgan fingerprint density at radius 1 is 0.394 bits per heavy atom. The second-order valence-electron chi connectivity index (χ2n) is 26.3. The van der Waals surface area contributed by atoms with Crippen molar-refractivity contribution in [3.8, 4) is 22.3 Å². The van der Waals surface area contributed by atoms with Crippen LogP contribution >= 0.6 is 23.2 Å². The quantitative estimate of drug-likeness (QED) is 0.0577. The van der Waals surface area contributed by atoms with Gasteiger partial charge in [0.25, 0.3) is 23.6 Å². The zero-order valence-electron chi connectivity index (χ0n) is 56.4. The van der Waals surface area contributed by atoms with E-state index in [2.05, 4.69) is 10.2 Å². The highest BCUT2D eigenvalue weighted by Gasteiger charge is 2.43. The highest BCUT2D eigenvalue weighted by molar-refractivity contribution is 6.31. The van der Waals surface area contributed by atoms with Crippen LogP contribution < -0.4 is 0 Å². The minimum Gasteiger partial charge on any atom is -0.451 e. The summed E-state index contributed by atoms with van der Waals surface area (Å²) >= 11 is 12.3.